The van der Waals surface area contributed by atoms with Crippen molar-refractivity contribution in [1.29, 1.82) is 0 Å². The molecule has 3 aliphatic rings. The van der Waals surface area contributed by atoms with Crippen molar-refractivity contribution >= 4 is 5.91 Å². The quantitative estimate of drug-likeness (QED) is 0.651. The van der Waals surface area contributed by atoms with E-state index < -0.39 is 0 Å². The Morgan fingerprint density at radius 2 is 2.00 bits per heavy atom. The maximum Gasteiger partial charge on any atom is 0.219 e. The number of nitrogens with zero attached hydrogens (tertiary/aromatic N) is 1. The summed E-state index contributed by atoms with van der Waals surface area (Å²) in [6.45, 7) is 10.8. The van der Waals surface area contributed by atoms with Gasteiger partial charge in [0.2, 0.25) is 5.91 Å². The number of amides is 1. The Balaban J connectivity index is 1.67. The number of hydrogen-bond donors (Lipinski definition) is 1. The van der Waals surface area contributed by atoms with Gasteiger partial charge in [0.05, 0.1) is 6.10 Å². The lowest BCUT2D eigenvalue weighted by molar-refractivity contribution is -0.178. The Hall–Kier alpha value is -0.610. The fourth-order valence-electron chi connectivity index (χ4n) is 4.72. The third kappa shape index (κ3) is 4.32. The number of fused-ring (bicyclic) bond motifs is 3. The van der Waals surface area contributed by atoms with Gasteiger partial charge >= 0.3 is 0 Å². The lowest BCUT2D eigenvalue weighted by Gasteiger charge is -2.63. The molecular formula is C20H38N2O2. The minimum absolute atomic E-state index is 0.190. The van der Waals surface area contributed by atoms with Gasteiger partial charge in [0, 0.05) is 36.6 Å². The van der Waals surface area contributed by atoms with Crippen LogP contribution in [0.1, 0.15) is 79.1 Å². The van der Waals surface area contributed by atoms with Crippen LogP contribution >= 0.6 is 0 Å². The van der Waals surface area contributed by atoms with Crippen molar-refractivity contribution in [3.05, 3.63) is 0 Å². The van der Waals surface area contributed by atoms with Gasteiger partial charge in [-0.2, -0.15) is 0 Å². The van der Waals surface area contributed by atoms with Crippen molar-refractivity contribution in [1.82, 2.24) is 10.2 Å². The molecule has 4 nitrogen and oxygen atoms in total. The van der Waals surface area contributed by atoms with Crippen molar-refractivity contribution in [2.45, 2.75) is 96.2 Å². The molecule has 1 amide bonds. The molecule has 2 aliphatic heterocycles. The standard InChI is InChI=1S/C20H38N2O2/c1-6-7-8-10-18(23)21-13-9-14-24-17-15-20(4)12-11-16(17)19(2,3)22(20)5/h16-17H,6-15H2,1-5H3,(H,21,23)/t16-,17-,20+/m1/s1. The zero-order valence-electron chi connectivity index (χ0n) is 16.5. The van der Waals surface area contributed by atoms with Crippen molar-refractivity contribution in [3.63, 3.8) is 0 Å². The van der Waals surface area contributed by atoms with Crippen molar-refractivity contribution in [2.75, 3.05) is 20.2 Å². The summed E-state index contributed by atoms with van der Waals surface area (Å²) in [4.78, 5) is 14.3. The normalized spacial score (nSPS) is 32.0. The third-order valence-electron chi connectivity index (χ3n) is 6.65. The number of carbonyl (C=O) groups excluding carboxylic acids is 1. The smallest absolute Gasteiger partial charge is 0.219 e. The van der Waals surface area contributed by atoms with Gasteiger partial charge < -0.3 is 10.1 Å². The van der Waals surface area contributed by atoms with E-state index in [1.807, 2.05) is 0 Å². The van der Waals surface area contributed by atoms with Crippen molar-refractivity contribution in [3.8, 4) is 0 Å². The SMILES string of the molecule is CCCCCC(=O)NCCCO[C@@H]1C[C@]2(C)CC[C@H]1C(C)(C)N2C. The Morgan fingerprint density at radius 3 is 2.67 bits per heavy atom. The molecule has 3 fully saturated rings. The third-order valence-corrected chi connectivity index (χ3v) is 6.65. The van der Waals surface area contributed by atoms with Crippen LogP contribution in [0.4, 0.5) is 0 Å². The summed E-state index contributed by atoms with van der Waals surface area (Å²) in [6, 6.07) is 0. The van der Waals surface area contributed by atoms with Gasteiger partial charge in [0.1, 0.15) is 0 Å². The Morgan fingerprint density at radius 1 is 1.25 bits per heavy atom. The predicted octanol–water partition coefficient (Wildman–Crippen LogP) is 3.74. The molecule has 0 radical (unpaired) electrons. The average molecular weight is 339 g/mol. The lowest BCUT2D eigenvalue weighted by atomic mass is 9.61. The predicted molar refractivity (Wildman–Crippen MR) is 99.1 cm³/mol. The van der Waals surface area contributed by atoms with Gasteiger partial charge in [-0.25, -0.2) is 0 Å². The second kappa shape index (κ2) is 8.18. The zero-order chi connectivity index (χ0) is 17.8. The molecule has 0 unspecified atom stereocenters. The lowest BCUT2D eigenvalue weighted by Crippen LogP contribution is -2.70. The van der Waals surface area contributed by atoms with Crippen LogP contribution in [-0.4, -0.2) is 48.2 Å². The van der Waals surface area contributed by atoms with Gasteiger partial charge in [-0.05, 0) is 59.9 Å². The second-order valence-electron chi connectivity index (χ2n) is 8.63. The highest BCUT2D eigenvalue weighted by atomic mass is 16.5. The molecule has 2 heterocycles. The van der Waals surface area contributed by atoms with E-state index in [0.29, 0.717) is 18.4 Å². The highest BCUT2D eigenvalue weighted by Crippen LogP contribution is 2.51. The number of hydrogen-bond acceptors (Lipinski definition) is 3. The van der Waals surface area contributed by atoms with Crippen LogP contribution in [0.3, 0.4) is 0 Å². The van der Waals surface area contributed by atoms with Gasteiger partial charge in [-0.3, -0.25) is 9.69 Å². The molecule has 1 aliphatic carbocycles. The minimum Gasteiger partial charge on any atom is -0.378 e. The largest absolute Gasteiger partial charge is 0.378 e. The first-order valence-electron chi connectivity index (χ1n) is 9.93. The molecule has 4 heteroatoms. The summed E-state index contributed by atoms with van der Waals surface area (Å²) in [7, 11) is 2.27. The first-order valence-corrected chi connectivity index (χ1v) is 9.93. The Kier molecular flexibility index (Phi) is 6.72. The van der Waals surface area contributed by atoms with E-state index in [0.717, 1.165) is 45.3 Å². The molecule has 0 aromatic rings. The molecule has 3 atom stereocenters. The molecule has 1 N–H and O–H groups in total. The highest BCUT2D eigenvalue weighted by molar-refractivity contribution is 5.75. The summed E-state index contributed by atoms with van der Waals surface area (Å²) in [6.07, 6.45) is 8.95. The topological polar surface area (TPSA) is 41.6 Å². The summed E-state index contributed by atoms with van der Waals surface area (Å²) < 4.78 is 6.27. The summed E-state index contributed by atoms with van der Waals surface area (Å²) in [5.41, 5.74) is 0.486. The molecule has 2 saturated heterocycles. The van der Waals surface area contributed by atoms with Crippen LogP contribution in [0.2, 0.25) is 0 Å². The fourth-order valence-corrected chi connectivity index (χ4v) is 4.72. The van der Waals surface area contributed by atoms with Gasteiger partial charge in [-0.1, -0.05) is 19.8 Å². The molecule has 24 heavy (non-hydrogen) atoms. The maximum atomic E-state index is 11.7. The molecule has 140 valence electrons. The maximum absolute atomic E-state index is 11.7. The second-order valence-corrected chi connectivity index (χ2v) is 8.63. The summed E-state index contributed by atoms with van der Waals surface area (Å²) in [5.74, 6) is 0.809. The molecule has 0 spiro atoms. The van der Waals surface area contributed by atoms with Crippen molar-refractivity contribution in [2.24, 2.45) is 5.92 Å². The van der Waals surface area contributed by atoms with Crippen LogP contribution in [0.15, 0.2) is 0 Å². The monoisotopic (exact) mass is 338 g/mol. The molecule has 0 aromatic carbocycles. The van der Waals surface area contributed by atoms with Crippen LogP contribution in [0.25, 0.3) is 0 Å². The minimum atomic E-state index is 0.190. The fraction of sp³-hybridized carbons (Fsp3) is 0.950. The number of piperidine rings is 2. The van der Waals surface area contributed by atoms with E-state index >= 15 is 0 Å². The van der Waals surface area contributed by atoms with E-state index in [4.69, 9.17) is 4.74 Å². The highest BCUT2D eigenvalue weighted by Gasteiger charge is 2.56. The molecule has 3 rings (SSSR count). The van der Waals surface area contributed by atoms with E-state index in [2.05, 4.69) is 45.0 Å². The van der Waals surface area contributed by atoms with E-state index in [1.54, 1.807) is 0 Å². The Bertz CT molecular complexity index is 419. The molecular weight excluding hydrogens is 300 g/mol. The van der Waals surface area contributed by atoms with Crippen LogP contribution in [0, 0.1) is 5.92 Å². The first-order chi connectivity index (χ1) is 11.3. The van der Waals surface area contributed by atoms with Gasteiger partial charge in [0.25, 0.3) is 0 Å². The Labute approximate surface area is 148 Å². The summed E-state index contributed by atoms with van der Waals surface area (Å²) in [5, 5.41) is 3.02. The van der Waals surface area contributed by atoms with Crippen LogP contribution in [0.5, 0.6) is 0 Å². The zero-order valence-corrected chi connectivity index (χ0v) is 16.5. The van der Waals surface area contributed by atoms with E-state index in [1.165, 1.54) is 12.8 Å². The van der Waals surface area contributed by atoms with Crippen molar-refractivity contribution < 1.29 is 9.53 Å². The van der Waals surface area contributed by atoms with E-state index in [-0.39, 0.29) is 17.0 Å². The number of carbonyl (C=O) groups is 1. The average Bonchev–Trinajstić information content (AvgIpc) is 2.52. The first kappa shape index (κ1) is 19.7. The van der Waals surface area contributed by atoms with Crippen LogP contribution < -0.4 is 5.32 Å². The molecule has 2 bridgehead atoms. The van der Waals surface area contributed by atoms with Gasteiger partial charge in [-0.15, -0.1) is 0 Å². The number of ether oxygens (including phenoxy) is 1. The summed E-state index contributed by atoms with van der Waals surface area (Å²) >= 11 is 0. The molecule has 1 saturated carbocycles. The number of unbranched alkanes of at least 4 members (excludes halogenated alkanes) is 2. The van der Waals surface area contributed by atoms with Gasteiger partial charge in [0.15, 0.2) is 0 Å². The van der Waals surface area contributed by atoms with E-state index in [9.17, 15) is 4.79 Å². The van der Waals surface area contributed by atoms with Crippen LogP contribution in [-0.2, 0) is 9.53 Å². The number of rotatable bonds is 9. The number of nitrogens with one attached hydrogen (secondary N) is 1. The molecule has 0 aromatic heterocycles.